The van der Waals surface area contributed by atoms with Gasteiger partial charge in [-0.3, -0.25) is 9.78 Å². The normalized spacial score (nSPS) is 20.3. The fourth-order valence-corrected chi connectivity index (χ4v) is 2.03. The van der Waals surface area contributed by atoms with Crippen LogP contribution in [-0.2, 0) is 0 Å². The smallest absolute Gasteiger partial charge is 0.255 e. The Morgan fingerprint density at radius 2 is 2.22 bits per heavy atom. The highest BCUT2D eigenvalue weighted by Gasteiger charge is 2.46. The van der Waals surface area contributed by atoms with E-state index in [0.717, 1.165) is 24.3 Å². The number of pyridine rings is 1. The summed E-state index contributed by atoms with van der Waals surface area (Å²) >= 11 is 0. The molecule has 1 heterocycles. The molecule has 0 aromatic carbocycles. The molecule has 1 aromatic rings. The van der Waals surface area contributed by atoms with Gasteiger partial charge in [0.25, 0.3) is 5.91 Å². The minimum atomic E-state index is -0.0333. The van der Waals surface area contributed by atoms with Crippen LogP contribution < -0.4 is 10.6 Å². The topological polar surface area (TPSA) is 54.0 Å². The zero-order valence-electron chi connectivity index (χ0n) is 11.5. The highest BCUT2D eigenvalue weighted by atomic mass is 16.1. The first kappa shape index (κ1) is 12.9. The molecule has 1 aliphatic carbocycles. The third-order valence-electron chi connectivity index (χ3n) is 3.47. The SMILES string of the molecule is CCNc1cc(C)ncc1C(=O)NC1CC1(C)C. The van der Waals surface area contributed by atoms with E-state index in [1.807, 2.05) is 19.9 Å². The van der Waals surface area contributed by atoms with Gasteiger partial charge in [-0.05, 0) is 31.7 Å². The predicted octanol–water partition coefficient (Wildman–Crippen LogP) is 2.35. The second kappa shape index (κ2) is 4.59. The largest absolute Gasteiger partial charge is 0.385 e. The number of aromatic nitrogens is 1. The van der Waals surface area contributed by atoms with E-state index in [-0.39, 0.29) is 11.3 Å². The second-order valence-corrected chi connectivity index (χ2v) is 5.62. The number of aryl methyl sites for hydroxylation is 1. The molecule has 1 amide bonds. The van der Waals surface area contributed by atoms with Crippen molar-refractivity contribution in [2.45, 2.75) is 40.2 Å². The molecule has 98 valence electrons. The van der Waals surface area contributed by atoms with Gasteiger partial charge in [0.1, 0.15) is 0 Å². The Bertz CT molecular complexity index is 468. The molecule has 0 aliphatic heterocycles. The number of carbonyl (C=O) groups excluding carboxylic acids is 1. The average molecular weight is 247 g/mol. The third kappa shape index (κ3) is 2.63. The molecule has 0 radical (unpaired) electrons. The predicted molar refractivity (Wildman–Crippen MR) is 72.8 cm³/mol. The van der Waals surface area contributed by atoms with Crippen LogP contribution in [0.1, 0.15) is 43.2 Å². The maximum Gasteiger partial charge on any atom is 0.255 e. The Morgan fingerprint density at radius 1 is 1.56 bits per heavy atom. The van der Waals surface area contributed by atoms with Crippen molar-refractivity contribution in [3.05, 3.63) is 23.5 Å². The lowest BCUT2D eigenvalue weighted by atomic mass is 10.1. The van der Waals surface area contributed by atoms with E-state index < -0.39 is 0 Å². The van der Waals surface area contributed by atoms with Gasteiger partial charge in [-0.1, -0.05) is 13.8 Å². The van der Waals surface area contributed by atoms with Crippen molar-refractivity contribution in [3.63, 3.8) is 0 Å². The van der Waals surface area contributed by atoms with Crippen molar-refractivity contribution in [2.75, 3.05) is 11.9 Å². The van der Waals surface area contributed by atoms with Gasteiger partial charge in [0, 0.05) is 24.5 Å². The quantitative estimate of drug-likeness (QED) is 0.858. The van der Waals surface area contributed by atoms with E-state index in [4.69, 9.17) is 0 Å². The Balaban J connectivity index is 2.14. The molecular weight excluding hydrogens is 226 g/mol. The summed E-state index contributed by atoms with van der Waals surface area (Å²) in [6.07, 6.45) is 2.70. The van der Waals surface area contributed by atoms with Gasteiger partial charge in [0.15, 0.2) is 0 Å². The van der Waals surface area contributed by atoms with Crippen molar-refractivity contribution in [2.24, 2.45) is 5.41 Å². The molecule has 1 atom stereocenters. The van der Waals surface area contributed by atoms with E-state index in [0.29, 0.717) is 11.6 Å². The number of amides is 1. The van der Waals surface area contributed by atoms with Gasteiger partial charge < -0.3 is 10.6 Å². The van der Waals surface area contributed by atoms with E-state index in [1.165, 1.54) is 0 Å². The Morgan fingerprint density at radius 3 is 2.78 bits per heavy atom. The minimum absolute atomic E-state index is 0.0333. The maximum absolute atomic E-state index is 12.2. The van der Waals surface area contributed by atoms with Crippen molar-refractivity contribution >= 4 is 11.6 Å². The van der Waals surface area contributed by atoms with Crippen LogP contribution in [0.4, 0.5) is 5.69 Å². The monoisotopic (exact) mass is 247 g/mol. The second-order valence-electron chi connectivity index (χ2n) is 5.62. The highest BCUT2D eigenvalue weighted by molar-refractivity contribution is 5.99. The average Bonchev–Trinajstić information content (AvgIpc) is 2.86. The third-order valence-corrected chi connectivity index (χ3v) is 3.47. The molecule has 4 nitrogen and oxygen atoms in total. The molecule has 1 aromatic heterocycles. The van der Waals surface area contributed by atoms with E-state index >= 15 is 0 Å². The van der Waals surface area contributed by atoms with Crippen molar-refractivity contribution < 1.29 is 4.79 Å². The summed E-state index contributed by atoms with van der Waals surface area (Å²) in [5, 5.41) is 6.27. The number of carbonyl (C=O) groups is 1. The molecule has 0 spiro atoms. The van der Waals surface area contributed by atoms with Crippen LogP contribution in [0.2, 0.25) is 0 Å². The van der Waals surface area contributed by atoms with E-state index in [2.05, 4.69) is 29.5 Å². The fraction of sp³-hybridized carbons (Fsp3) is 0.571. The zero-order valence-corrected chi connectivity index (χ0v) is 11.5. The molecule has 1 saturated carbocycles. The molecule has 1 unspecified atom stereocenters. The first-order valence-corrected chi connectivity index (χ1v) is 6.45. The minimum Gasteiger partial charge on any atom is -0.385 e. The molecule has 1 fully saturated rings. The summed E-state index contributed by atoms with van der Waals surface area (Å²) in [7, 11) is 0. The van der Waals surface area contributed by atoms with E-state index in [9.17, 15) is 4.79 Å². The van der Waals surface area contributed by atoms with Gasteiger partial charge in [-0.2, -0.15) is 0 Å². The van der Waals surface area contributed by atoms with Gasteiger partial charge >= 0.3 is 0 Å². The van der Waals surface area contributed by atoms with Crippen LogP contribution >= 0.6 is 0 Å². The number of rotatable bonds is 4. The number of nitrogens with zero attached hydrogens (tertiary/aromatic N) is 1. The first-order valence-electron chi connectivity index (χ1n) is 6.45. The van der Waals surface area contributed by atoms with Gasteiger partial charge in [0.05, 0.1) is 11.3 Å². The molecule has 2 rings (SSSR count). The van der Waals surface area contributed by atoms with Crippen molar-refractivity contribution in [1.29, 1.82) is 0 Å². The number of hydrogen-bond acceptors (Lipinski definition) is 3. The Labute approximate surface area is 108 Å². The Kier molecular flexibility index (Phi) is 3.28. The lowest BCUT2D eigenvalue weighted by Crippen LogP contribution is -2.29. The van der Waals surface area contributed by atoms with Gasteiger partial charge in [0.2, 0.25) is 0 Å². The van der Waals surface area contributed by atoms with Crippen LogP contribution in [-0.4, -0.2) is 23.5 Å². The summed E-state index contributed by atoms with van der Waals surface area (Å²) in [5.74, 6) is -0.0333. The fourth-order valence-electron chi connectivity index (χ4n) is 2.03. The van der Waals surface area contributed by atoms with Crippen LogP contribution in [0.15, 0.2) is 12.3 Å². The summed E-state index contributed by atoms with van der Waals surface area (Å²) in [6.45, 7) is 9.06. The lowest BCUT2D eigenvalue weighted by Gasteiger charge is -2.12. The first-order chi connectivity index (χ1) is 8.44. The summed E-state index contributed by atoms with van der Waals surface area (Å²) in [5.41, 5.74) is 2.65. The van der Waals surface area contributed by atoms with Crippen molar-refractivity contribution in [3.8, 4) is 0 Å². The molecular formula is C14H21N3O. The standard InChI is InChI=1S/C14H21N3O/c1-5-15-11-6-9(2)16-8-10(11)13(18)17-12-7-14(12,3)4/h6,8,12H,5,7H2,1-4H3,(H,15,16)(H,17,18). The zero-order chi connectivity index (χ0) is 13.3. The van der Waals surface area contributed by atoms with Crippen LogP contribution in [0, 0.1) is 12.3 Å². The number of anilines is 1. The van der Waals surface area contributed by atoms with Crippen LogP contribution in [0.3, 0.4) is 0 Å². The highest BCUT2D eigenvalue weighted by Crippen LogP contribution is 2.44. The molecule has 0 saturated heterocycles. The molecule has 0 bridgehead atoms. The number of hydrogen-bond donors (Lipinski definition) is 2. The Hall–Kier alpha value is -1.58. The molecule has 4 heteroatoms. The number of nitrogens with one attached hydrogen (secondary N) is 2. The van der Waals surface area contributed by atoms with Crippen LogP contribution in [0.5, 0.6) is 0 Å². The summed E-state index contributed by atoms with van der Waals surface area (Å²) < 4.78 is 0. The van der Waals surface area contributed by atoms with Crippen molar-refractivity contribution in [1.82, 2.24) is 10.3 Å². The molecule has 18 heavy (non-hydrogen) atoms. The van der Waals surface area contributed by atoms with Gasteiger partial charge in [-0.25, -0.2) is 0 Å². The van der Waals surface area contributed by atoms with E-state index in [1.54, 1.807) is 6.20 Å². The molecule has 1 aliphatic rings. The maximum atomic E-state index is 12.2. The van der Waals surface area contributed by atoms with Crippen LogP contribution in [0.25, 0.3) is 0 Å². The summed E-state index contributed by atoms with van der Waals surface area (Å²) in [6, 6.07) is 2.21. The lowest BCUT2D eigenvalue weighted by molar-refractivity contribution is 0.0947. The van der Waals surface area contributed by atoms with Gasteiger partial charge in [-0.15, -0.1) is 0 Å². The molecule has 2 N–H and O–H groups in total. The summed E-state index contributed by atoms with van der Waals surface area (Å²) in [4.78, 5) is 16.4.